The molecule has 6 heteroatoms. The number of amides is 1. The molecule has 0 bridgehead atoms. The van der Waals surface area contributed by atoms with Gasteiger partial charge in [0.15, 0.2) is 6.61 Å². The second kappa shape index (κ2) is 7.07. The Hall–Kier alpha value is -1.85. The standard InChI is InChI=1S/C14H12ClNO3S/c15-12-6-2-1-5-11(12)14(18)19-9-13(17)16-8-10-4-3-7-20-10/h1-7H,8-9H2,(H,16,17). The van der Waals surface area contributed by atoms with E-state index in [1.54, 1.807) is 35.6 Å². The second-order valence-corrected chi connectivity index (χ2v) is 5.35. The van der Waals surface area contributed by atoms with Crippen LogP contribution in [0.1, 0.15) is 15.2 Å². The Morgan fingerprint density at radius 2 is 2.00 bits per heavy atom. The van der Waals surface area contributed by atoms with Crippen LogP contribution >= 0.6 is 22.9 Å². The average Bonchev–Trinajstić information content (AvgIpc) is 2.96. The number of thiophene rings is 1. The van der Waals surface area contributed by atoms with E-state index >= 15 is 0 Å². The summed E-state index contributed by atoms with van der Waals surface area (Å²) < 4.78 is 4.91. The maximum absolute atomic E-state index is 11.7. The first kappa shape index (κ1) is 14.6. The van der Waals surface area contributed by atoms with Crippen molar-refractivity contribution < 1.29 is 14.3 Å². The zero-order valence-electron chi connectivity index (χ0n) is 10.5. The van der Waals surface area contributed by atoms with Crippen LogP contribution < -0.4 is 5.32 Å². The van der Waals surface area contributed by atoms with Crippen LogP contribution in [0, 0.1) is 0 Å². The van der Waals surface area contributed by atoms with E-state index in [2.05, 4.69) is 5.32 Å². The SMILES string of the molecule is O=C(COC(=O)c1ccccc1Cl)NCc1cccs1. The molecular weight excluding hydrogens is 298 g/mol. The van der Waals surface area contributed by atoms with Crippen LogP contribution in [0.25, 0.3) is 0 Å². The fraction of sp³-hybridized carbons (Fsp3) is 0.143. The minimum atomic E-state index is -0.609. The summed E-state index contributed by atoms with van der Waals surface area (Å²) in [5.41, 5.74) is 0.250. The van der Waals surface area contributed by atoms with Crippen molar-refractivity contribution in [1.29, 1.82) is 0 Å². The van der Waals surface area contributed by atoms with Gasteiger partial charge >= 0.3 is 5.97 Å². The van der Waals surface area contributed by atoms with Gasteiger partial charge in [0, 0.05) is 4.88 Å². The fourth-order valence-corrected chi connectivity index (χ4v) is 2.34. The lowest BCUT2D eigenvalue weighted by Gasteiger charge is -2.06. The molecule has 1 heterocycles. The molecule has 0 atom stereocenters. The maximum atomic E-state index is 11.7. The van der Waals surface area contributed by atoms with Crippen LogP contribution in [-0.2, 0) is 16.1 Å². The van der Waals surface area contributed by atoms with Gasteiger partial charge in [0.25, 0.3) is 5.91 Å². The molecule has 0 fully saturated rings. The van der Waals surface area contributed by atoms with Crippen LogP contribution in [0.15, 0.2) is 41.8 Å². The molecule has 0 aliphatic rings. The molecule has 0 spiro atoms. The number of benzene rings is 1. The number of halogens is 1. The van der Waals surface area contributed by atoms with E-state index < -0.39 is 5.97 Å². The van der Waals surface area contributed by atoms with E-state index in [9.17, 15) is 9.59 Å². The van der Waals surface area contributed by atoms with Gasteiger partial charge in [-0.1, -0.05) is 29.8 Å². The summed E-state index contributed by atoms with van der Waals surface area (Å²) in [7, 11) is 0. The summed E-state index contributed by atoms with van der Waals surface area (Å²) in [6, 6.07) is 10.4. The van der Waals surface area contributed by atoms with Crippen LogP contribution in [0.5, 0.6) is 0 Å². The lowest BCUT2D eigenvalue weighted by Crippen LogP contribution is -2.28. The van der Waals surface area contributed by atoms with E-state index in [0.717, 1.165) is 4.88 Å². The summed E-state index contributed by atoms with van der Waals surface area (Å²) >= 11 is 7.41. The van der Waals surface area contributed by atoms with Gasteiger partial charge in [0.2, 0.25) is 0 Å². The Bertz CT molecular complexity index is 598. The Morgan fingerprint density at radius 3 is 2.70 bits per heavy atom. The number of ether oxygens (including phenoxy) is 1. The molecular formula is C14H12ClNO3S. The molecule has 1 amide bonds. The van der Waals surface area contributed by atoms with Crippen LogP contribution in [0.4, 0.5) is 0 Å². The molecule has 104 valence electrons. The van der Waals surface area contributed by atoms with Crippen molar-refractivity contribution >= 4 is 34.8 Å². The van der Waals surface area contributed by atoms with E-state index in [-0.39, 0.29) is 18.1 Å². The topological polar surface area (TPSA) is 55.4 Å². The van der Waals surface area contributed by atoms with Crippen molar-refractivity contribution in [3.8, 4) is 0 Å². The third kappa shape index (κ3) is 4.08. The number of hydrogen-bond acceptors (Lipinski definition) is 4. The molecule has 0 unspecified atom stereocenters. The minimum Gasteiger partial charge on any atom is -0.452 e. The van der Waals surface area contributed by atoms with Crippen molar-refractivity contribution in [3.63, 3.8) is 0 Å². The molecule has 1 aromatic heterocycles. The van der Waals surface area contributed by atoms with Gasteiger partial charge in [0.1, 0.15) is 0 Å². The highest BCUT2D eigenvalue weighted by molar-refractivity contribution is 7.09. The summed E-state index contributed by atoms with van der Waals surface area (Å²) in [6.45, 7) is 0.107. The Kier molecular flexibility index (Phi) is 5.15. The number of carbonyl (C=O) groups excluding carboxylic acids is 2. The van der Waals surface area contributed by atoms with Crippen molar-refractivity contribution in [3.05, 3.63) is 57.2 Å². The molecule has 0 aliphatic carbocycles. The first-order valence-electron chi connectivity index (χ1n) is 5.87. The smallest absolute Gasteiger partial charge is 0.340 e. The van der Waals surface area contributed by atoms with E-state index in [1.807, 2.05) is 17.5 Å². The van der Waals surface area contributed by atoms with Gasteiger partial charge in [-0.15, -0.1) is 11.3 Å². The number of hydrogen-bond donors (Lipinski definition) is 1. The Morgan fingerprint density at radius 1 is 1.20 bits per heavy atom. The minimum absolute atomic E-state index is 0.250. The summed E-state index contributed by atoms with van der Waals surface area (Å²) in [5.74, 6) is -0.958. The predicted octanol–water partition coefficient (Wildman–Crippen LogP) is 2.87. The van der Waals surface area contributed by atoms with Gasteiger partial charge in [-0.2, -0.15) is 0 Å². The molecule has 1 N–H and O–H groups in total. The Balaban J connectivity index is 1.78. The molecule has 0 saturated carbocycles. The molecule has 0 radical (unpaired) electrons. The summed E-state index contributed by atoms with van der Waals surface area (Å²) in [4.78, 5) is 24.3. The lowest BCUT2D eigenvalue weighted by atomic mass is 10.2. The first-order valence-corrected chi connectivity index (χ1v) is 7.13. The van der Waals surface area contributed by atoms with E-state index in [1.165, 1.54) is 0 Å². The van der Waals surface area contributed by atoms with Gasteiger partial charge in [0.05, 0.1) is 17.1 Å². The first-order chi connectivity index (χ1) is 9.66. The average molecular weight is 310 g/mol. The summed E-state index contributed by atoms with van der Waals surface area (Å²) in [5, 5.41) is 4.90. The number of rotatable bonds is 5. The largest absolute Gasteiger partial charge is 0.452 e. The quantitative estimate of drug-likeness (QED) is 0.864. The molecule has 4 nitrogen and oxygen atoms in total. The number of carbonyl (C=O) groups is 2. The zero-order chi connectivity index (χ0) is 14.4. The molecule has 0 saturated heterocycles. The Labute approximate surface area is 125 Å². The molecule has 1 aromatic carbocycles. The summed E-state index contributed by atoms with van der Waals surface area (Å²) in [6.07, 6.45) is 0. The van der Waals surface area contributed by atoms with Gasteiger partial charge in [-0.3, -0.25) is 4.79 Å². The molecule has 2 aromatic rings. The number of nitrogens with one attached hydrogen (secondary N) is 1. The predicted molar refractivity (Wildman–Crippen MR) is 77.9 cm³/mol. The van der Waals surface area contributed by atoms with Crippen molar-refractivity contribution in [2.45, 2.75) is 6.54 Å². The third-order valence-electron chi connectivity index (χ3n) is 2.47. The zero-order valence-corrected chi connectivity index (χ0v) is 12.0. The monoisotopic (exact) mass is 309 g/mol. The van der Waals surface area contributed by atoms with Crippen molar-refractivity contribution in [1.82, 2.24) is 5.32 Å². The fourth-order valence-electron chi connectivity index (χ4n) is 1.49. The number of esters is 1. The maximum Gasteiger partial charge on any atom is 0.340 e. The normalized spacial score (nSPS) is 10.1. The van der Waals surface area contributed by atoms with Gasteiger partial charge < -0.3 is 10.1 Å². The van der Waals surface area contributed by atoms with Crippen molar-refractivity contribution in [2.75, 3.05) is 6.61 Å². The van der Waals surface area contributed by atoms with Crippen LogP contribution in [0.2, 0.25) is 5.02 Å². The highest BCUT2D eigenvalue weighted by Crippen LogP contribution is 2.15. The van der Waals surface area contributed by atoms with Gasteiger partial charge in [-0.25, -0.2) is 4.79 Å². The molecule has 20 heavy (non-hydrogen) atoms. The molecule has 2 rings (SSSR count). The lowest BCUT2D eigenvalue weighted by molar-refractivity contribution is -0.124. The van der Waals surface area contributed by atoms with E-state index in [4.69, 9.17) is 16.3 Å². The second-order valence-electron chi connectivity index (χ2n) is 3.91. The highest BCUT2D eigenvalue weighted by atomic mass is 35.5. The van der Waals surface area contributed by atoms with Gasteiger partial charge in [-0.05, 0) is 23.6 Å². The van der Waals surface area contributed by atoms with Crippen LogP contribution in [0.3, 0.4) is 0 Å². The molecule has 0 aliphatic heterocycles. The van der Waals surface area contributed by atoms with Crippen LogP contribution in [-0.4, -0.2) is 18.5 Å². The highest BCUT2D eigenvalue weighted by Gasteiger charge is 2.12. The van der Waals surface area contributed by atoms with E-state index in [0.29, 0.717) is 11.6 Å². The third-order valence-corrected chi connectivity index (χ3v) is 3.67. The van der Waals surface area contributed by atoms with Crippen molar-refractivity contribution in [2.24, 2.45) is 0 Å².